The van der Waals surface area contributed by atoms with E-state index < -0.39 is 0 Å². The molecule has 0 saturated carbocycles. The molecule has 1 unspecified atom stereocenters. The highest BCUT2D eigenvalue weighted by atomic mass is 15.1. The first kappa shape index (κ1) is 20.4. The number of nitrogens with zero attached hydrogens (tertiary/aromatic N) is 2. The highest BCUT2D eigenvalue weighted by Crippen LogP contribution is 2.25. The zero-order valence-corrected chi connectivity index (χ0v) is 18.3. The van der Waals surface area contributed by atoms with Crippen molar-refractivity contribution in [1.29, 1.82) is 0 Å². The van der Waals surface area contributed by atoms with Crippen LogP contribution in [0.25, 0.3) is 10.9 Å². The molecule has 2 aromatic rings. The van der Waals surface area contributed by atoms with Crippen molar-refractivity contribution in [2.75, 3.05) is 12.3 Å². The Labute approximate surface area is 179 Å². The molecule has 30 heavy (non-hydrogen) atoms. The summed E-state index contributed by atoms with van der Waals surface area (Å²) < 4.78 is 4.95. The summed E-state index contributed by atoms with van der Waals surface area (Å²) >= 11 is 0. The fourth-order valence-electron chi connectivity index (χ4n) is 4.90. The number of aromatic nitrogens is 1. The molecule has 0 amide bonds. The minimum atomic E-state index is 0.416. The highest BCUT2D eigenvalue weighted by molar-refractivity contribution is 5.91. The summed E-state index contributed by atoms with van der Waals surface area (Å²) in [6.45, 7) is 6.48. The molecule has 0 spiro atoms. The van der Waals surface area contributed by atoms with Gasteiger partial charge in [-0.05, 0) is 18.9 Å². The maximum absolute atomic E-state index is 6.25. The van der Waals surface area contributed by atoms with Crippen LogP contribution in [0, 0.1) is 6.92 Å². The normalized spacial score (nSPS) is 18.4. The van der Waals surface area contributed by atoms with Crippen LogP contribution in [0.15, 0.2) is 65.9 Å². The molecule has 0 radical (unpaired) electrons. The number of nitrogen functional groups attached to an aromatic ring is 1. The van der Waals surface area contributed by atoms with Gasteiger partial charge in [0.05, 0.1) is 11.1 Å². The van der Waals surface area contributed by atoms with Crippen molar-refractivity contribution in [3.8, 4) is 0 Å². The van der Waals surface area contributed by atoms with Crippen LogP contribution in [0.1, 0.15) is 44.7 Å². The molecular formula is C26H34N4+2. The summed E-state index contributed by atoms with van der Waals surface area (Å²) in [4.78, 5) is 0. The molecule has 1 aromatic carbocycles. The first-order valence-corrected chi connectivity index (χ1v) is 11.2. The monoisotopic (exact) mass is 402 g/mol. The van der Waals surface area contributed by atoms with Crippen molar-refractivity contribution in [1.82, 2.24) is 0 Å². The van der Waals surface area contributed by atoms with Crippen molar-refractivity contribution >= 4 is 22.3 Å². The molecule has 4 nitrogen and oxygen atoms in total. The molecule has 0 fully saturated rings. The van der Waals surface area contributed by atoms with Gasteiger partial charge in [0.25, 0.3) is 0 Å². The van der Waals surface area contributed by atoms with Gasteiger partial charge in [0.15, 0.2) is 17.4 Å². The van der Waals surface area contributed by atoms with Gasteiger partial charge < -0.3 is 11.5 Å². The molecule has 0 saturated heterocycles. The SMILES string of the molecule is CC1=[N+](CCCCCC[n+]2c(C)cc(N)c3ccccc32)C2CC=CC=C2C(N)=C1. The molecule has 2 aliphatic rings. The summed E-state index contributed by atoms with van der Waals surface area (Å²) in [7, 11) is 0. The molecular weight excluding hydrogens is 368 g/mol. The zero-order chi connectivity index (χ0) is 21.1. The maximum atomic E-state index is 6.25. The van der Waals surface area contributed by atoms with Gasteiger partial charge in [-0.1, -0.05) is 30.4 Å². The van der Waals surface area contributed by atoms with Gasteiger partial charge in [0.2, 0.25) is 5.52 Å². The molecule has 2 heterocycles. The van der Waals surface area contributed by atoms with Crippen LogP contribution < -0.4 is 16.0 Å². The Balaban J connectivity index is 1.32. The van der Waals surface area contributed by atoms with Crippen molar-refractivity contribution in [2.45, 2.75) is 58.5 Å². The molecule has 4 heteroatoms. The molecule has 0 bridgehead atoms. The molecule has 1 aromatic heterocycles. The van der Waals surface area contributed by atoms with Gasteiger partial charge in [0.1, 0.15) is 13.1 Å². The largest absolute Gasteiger partial charge is 0.398 e. The third kappa shape index (κ3) is 4.04. The number of nitrogens with two attached hydrogens (primary N) is 2. The van der Waals surface area contributed by atoms with Gasteiger partial charge in [-0.3, -0.25) is 0 Å². The second-order valence-corrected chi connectivity index (χ2v) is 8.56. The molecule has 1 aliphatic carbocycles. The first-order chi connectivity index (χ1) is 14.6. The highest BCUT2D eigenvalue weighted by Gasteiger charge is 2.32. The number of pyridine rings is 1. The number of unbranched alkanes of at least 4 members (excludes halogenated alkanes) is 3. The predicted molar refractivity (Wildman–Crippen MR) is 125 cm³/mol. The van der Waals surface area contributed by atoms with Crippen molar-refractivity contribution in [3.05, 3.63) is 71.6 Å². The van der Waals surface area contributed by atoms with Gasteiger partial charge in [0, 0.05) is 62.6 Å². The summed E-state index contributed by atoms with van der Waals surface area (Å²) in [6.07, 6.45) is 14.6. The second-order valence-electron chi connectivity index (χ2n) is 8.56. The number of hydrogen-bond acceptors (Lipinski definition) is 2. The Kier molecular flexibility index (Phi) is 6.03. The first-order valence-electron chi connectivity index (χ1n) is 11.2. The van der Waals surface area contributed by atoms with E-state index in [1.54, 1.807) is 0 Å². The van der Waals surface area contributed by atoms with E-state index in [1.165, 1.54) is 48.2 Å². The van der Waals surface area contributed by atoms with E-state index >= 15 is 0 Å². The number of allylic oxidation sites excluding steroid dienone is 3. The summed E-state index contributed by atoms with van der Waals surface area (Å²) in [5.41, 5.74) is 19.3. The Morgan fingerprint density at radius 2 is 1.77 bits per heavy atom. The number of para-hydroxylation sites is 1. The molecule has 156 valence electrons. The van der Waals surface area contributed by atoms with Crippen LogP contribution in [-0.2, 0) is 6.54 Å². The lowest BCUT2D eigenvalue weighted by Crippen LogP contribution is -2.38. The standard InChI is InChI=1S/C26H32N4/c1-19-17-23(27)21-11-5-7-13-25(21)29(19)15-9-3-4-10-16-30-20(2)18-24(28)22-12-6-8-14-26(22)30/h5-8,11-13,17-18,26-28H,3-4,9-10,14-16H2,1-2H3/p+2. The number of anilines is 1. The lowest BCUT2D eigenvalue weighted by Gasteiger charge is -2.25. The number of benzene rings is 1. The van der Waals surface area contributed by atoms with Crippen molar-refractivity contribution in [3.63, 3.8) is 0 Å². The number of hydrogen-bond donors (Lipinski definition) is 2. The Morgan fingerprint density at radius 1 is 1.00 bits per heavy atom. The smallest absolute Gasteiger partial charge is 0.214 e. The van der Waals surface area contributed by atoms with E-state index in [4.69, 9.17) is 11.5 Å². The Morgan fingerprint density at radius 3 is 2.60 bits per heavy atom. The predicted octanol–water partition coefficient (Wildman–Crippen LogP) is 4.16. The molecule has 1 aliphatic heterocycles. The summed E-state index contributed by atoms with van der Waals surface area (Å²) in [5, 5.41) is 1.15. The second kappa shape index (κ2) is 8.86. The zero-order valence-electron chi connectivity index (χ0n) is 18.3. The average molecular weight is 403 g/mol. The van der Waals surface area contributed by atoms with Crippen LogP contribution in [-0.4, -0.2) is 22.9 Å². The van der Waals surface area contributed by atoms with Gasteiger partial charge in [-0.25, -0.2) is 4.58 Å². The average Bonchev–Trinajstić information content (AvgIpc) is 2.74. The Bertz CT molecular complexity index is 1070. The summed E-state index contributed by atoms with van der Waals surface area (Å²) in [6, 6.07) is 11.0. The topological polar surface area (TPSA) is 58.9 Å². The fourth-order valence-corrected chi connectivity index (χ4v) is 4.90. The number of rotatable bonds is 7. The molecule has 4 N–H and O–H groups in total. The number of aryl methyl sites for hydroxylation is 2. The van der Waals surface area contributed by atoms with E-state index in [2.05, 4.69) is 77.6 Å². The van der Waals surface area contributed by atoms with Crippen molar-refractivity contribution in [2.24, 2.45) is 5.73 Å². The van der Waals surface area contributed by atoms with Gasteiger partial charge in [-0.15, -0.1) is 0 Å². The van der Waals surface area contributed by atoms with E-state index in [-0.39, 0.29) is 0 Å². The minimum absolute atomic E-state index is 0.416. The van der Waals surface area contributed by atoms with E-state index in [0.29, 0.717) is 6.04 Å². The lowest BCUT2D eigenvalue weighted by atomic mass is 9.92. The minimum Gasteiger partial charge on any atom is -0.398 e. The van der Waals surface area contributed by atoms with Crippen LogP contribution in [0.3, 0.4) is 0 Å². The summed E-state index contributed by atoms with van der Waals surface area (Å²) in [5.74, 6) is 0. The quantitative estimate of drug-likeness (QED) is 0.540. The van der Waals surface area contributed by atoms with Crippen LogP contribution in [0.5, 0.6) is 0 Å². The third-order valence-electron chi connectivity index (χ3n) is 6.48. The van der Waals surface area contributed by atoms with Crippen molar-refractivity contribution < 1.29 is 9.14 Å². The fraction of sp³-hybridized carbons (Fsp3) is 0.385. The number of fused-ring (bicyclic) bond motifs is 2. The maximum Gasteiger partial charge on any atom is 0.214 e. The molecule has 4 rings (SSSR count). The van der Waals surface area contributed by atoms with Crippen LogP contribution in [0.4, 0.5) is 5.69 Å². The van der Waals surface area contributed by atoms with Crippen LogP contribution >= 0.6 is 0 Å². The molecule has 1 atom stereocenters. The van der Waals surface area contributed by atoms with E-state index in [9.17, 15) is 0 Å². The Hall–Kier alpha value is -2.88. The van der Waals surface area contributed by atoms with Gasteiger partial charge >= 0.3 is 0 Å². The van der Waals surface area contributed by atoms with E-state index in [0.717, 1.165) is 36.3 Å². The lowest BCUT2D eigenvalue weighted by molar-refractivity contribution is -0.677. The third-order valence-corrected chi connectivity index (χ3v) is 6.48. The van der Waals surface area contributed by atoms with Gasteiger partial charge in [-0.2, -0.15) is 4.57 Å². The van der Waals surface area contributed by atoms with E-state index in [1.807, 2.05) is 0 Å². The van der Waals surface area contributed by atoms with Crippen LogP contribution in [0.2, 0.25) is 0 Å².